The zero-order valence-corrected chi connectivity index (χ0v) is 13.1. The standard InChI is InChI=1S/C17H22N4O2/c22-17-16(18-8-9-19-17)20-14-6-10-21(11-7-14)12-13-23-15-4-2-1-3-5-15/h1-5,8-9,14H,6-7,10-13H2,(H,18,20)(H,19,22). The Hall–Kier alpha value is -2.34. The molecule has 1 aliphatic rings. The largest absolute Gasteiger partial charge is 0.492 e. The summed E-state index contributed by atoms with van der Waals surface area (Å²) < 4.78 is 5.73. The van der Waals surface area contributed by atoms with Gasteiger partial charge in [0.15, 0.2) is 5.82 Å². The molecular weight excluding hydrogens is 292 g/mol. The maximum Gasteiger partial charge on any atom is 0.290 e. The molecule has 1 aromatic heterocycles. The van der Waals surface area contributed by atoms with Crippen molar-refractivity contribution in [1.82, 2.24) is 14.9 Å². The molecule has 0 unspecified atom stereocenters. The number of rotatable bonds is 6. The molecule has 6 heteroatoms. The van der Waals surface area contributed by atoms with Crippen LogP contribution < -0.4 is 15.6 Å². The number of aromatic nitrogens is 2. The molecule has 23 heavy (non-hydrogen) atoms. The number of hydrogen-bond donors (Lipinski definition) is 2. The van der Waals surface area contributed by atoms with Gasteiger partial charge in [-0.3, -0.25) is 9.69 Å². The van der Waals surface area contributed by atoms with E-state index in [9.17, 15) is 4.79 Å². The highest BCUT2D eigenvalue weighted by Gasteiger charge is 2.19. The van der Waals surface area contributed by atoms with E-state index in [1.165, 1.54) is 0 Å². The number of anilines is 1. The quantitative estimate of drug-likeness (QED) is 0.850. The van der Waals surface area contributed by atoms with Crippen molar-refractivity contribution in [3.8, 4) is 5.75 Å². The number of ether oxygens (including phenoxy) is 1. The van der Waals surface area contributed by atoms with Gasteiger partial charge in [-0.1, -0.05) is 18.2 Å². The molecule has 6 nitrogen and oxygen atoms in total. The number of aromatic amines is 1. The number of nitrogens with one attached hydrogen (secondary N) is 2. The van der Waals surface area contributed by atoms with Gasteiger partial charge in [0.05, 0.1) is 0 Å². The van der Waals surface area contributed by atoms with Crippen LogP contribution in [-0.2, 0) is 0 Å². The zero-order chi connectivity index (χ0) is 15.9. The summed E-state index contributed by atoms with van der Waals surface area (Å²) in [6.07, 6.45) is 5.14. The second-order valence-electron chi connectivity index (χ2n) is 5.69. The number of likely N-dealkylation sites (tertiary alicyclic amines) is 1. The lowest BCUT2D eigenvalue weighted by Gasteiger charge is -2.32. The third-order valence-corrected chi connectivity index (χ3v) is 4.06. The number of piperidine rings is 1. The van der Waals surface area contributed by atoms with Crippen molar-refractivity contribution in [1.29, 1.82) is 0 Å². The van der Waals surface area contributed by atoms with Gasteiger partial charge in [-0.05, 0) is 25.0 Å². The Kier molecular flexibility index (Phi) is 5.26. The van der Waals surface area contributed by atoms with Crippen LogP contribution in [-0.4, -0.2) is 47.2 Å². The lowest BCUT2D eigenvalue weighted by molar-refractivity contribution is 0.177. The monoisotopic (exact) mass is 314 g/mol. The molecule has 0 amide bonds. The number of nitrogens with zero attached hydrogens (tertiary/aromatic N) is 2. The van der Waals surface area contributed by atoms with Crippen LogP contribution in [0, 0.1) is 0 Å². The third-order valence-electron chi connectivity index (χ3n) is 4.06. The van der Waals surface area contributed by atoms with E-state index in [0.29, 0.717) is 18.5 Å². The minimum atomic E-state index is -0.161. The molecule has 0 atom stereocenters. The van der Waals surface area contributed by atoms with Crippen molar-refractivity contribution in [2.24, 2.45) is 0 Å². The van der Waals surface area contributed by atoms with Gasteiger partial charge >= 0.3 is 0 Å². The third kappa shape index (κ3) is 4.56. The van der Waals surface area contributed by atoms with Crippen LogP contribution in [0.3, 0.4) is 0 Å². The minimum absolute atomic E-state index is 0.161. The summed E-state index contributed by atoms with van der Waals surface area (Å²) in [6.45, 7) is 3.62. The van der Waals surface area contributed by atoms with E-state index in [1.807, 2.05) is 30.3 Å². The molecule has 1 aliphatic heterocycles. The van der Waals surface area contributed by atoms with Gasteiger partial charge in [-0.15, -0.1) is 0 Å². The summed E-state index contributed by atoms with van der Waals surface area (Å²) in [6, 6.07) is 10.2. The van der Waals surface area contributed by atoms with E-state index in [1.54, 1.807) is 12.4 Å². The molecule has 2 N–H and O–H groups in total. The molecule has 0 aliphatic carbocycles. The maximum absolute atomic E-state index is 11.6. The predicted molar refractivity (Wildman–Crippen MR) is 89.9 cm³/mol. The number of H-pyrrole nitrogens is 1. The molecule has 122 valence electrons. The van der Waals surface area contributed by atoms with E-state index >= 15 is 0 Å². The maximum atomic E-state index is 11.6. The molecule has 0 saturated carbocycles. The SMILES string of the molecule is O=c1[nH]ccnc1NC1CCN(CCOc2ccccc2)CC1. The van der Waals surface area contributed by atoms with Gasteiger partial charge in [0, 0.05) is 38.1 Å². The summed E-state index contributed by atoms with van der Waals surface area (Å²) in [5, 5.41) is 3.24. The second kappa shape index (κ2) is 7.78. The van der Waals surface area contributed by atoms with Crippen molar-refractivity contribution >= 4 is 5.82 Å². The molecule has 0 radical (unpaired) electrons. The Labute approximate surface area is 135 Å². The number of benzene rings is 1. The fraction of sp³-hybridized carbons (Fsp3) is 0.412. The Bertz CT molecular complexity index is 651. The molecule has 2 aromatic rings. The Balaban J connectivity index is 1.39. The van der Waals surface area contributed by atoms with Gasteiger partial charge in [-0.25, -0.2) is 4.98 Å². The van der Waals surface area contributed by atoms with Crippen molar-refractivity contribution in [2.75, 3.05) is 31.6 Å². The zero-order valence-electron chi connectivity index (χ0n) is 13.1. The van der Waals surface area contributed by atoms with Crippen molar-refractivity contribution < 1.29 is 4.74 Å². The summed E-state index contributed by atoms with van der Waals surface area (Å²) >= 11 is 0. The van der Waals surface area contributed by atoms with E-state index in [0.717, 1.165) is 38.2 Å². The van der Waals surface area contributed by atoms with Gasteiger partial charge in [0.1, 0.15) is 12.4 Å². The fourth-order valence-electron chi connectivity index (χ4n) is 2.76. The van der Waals surface area contributed by atoms with E-state index in [-0.39, 0.29) is 5.56 Å². The average Bonchev–Trinajstić information content (AvgIpc) is 2.59. The molecule has 0 spiro atoms. The molecule has 1 fully saturated rings. The Morgan fingerprint density at radius 2 is 2.04 bits per heavy atom. The average molecular weight is 314 g/mol. The number of hydrogen-bond acceptors (Lipinski definition) is 5. The summed E-state index contributed by atoms with van der Waals surface area (Å²) in [5.74, 6) is 1.33. The first-order valence-electron chi connectivity index (χ1n) is 8.02. The predicted octanol–water partition coefficient (Wildman–Crippen LogP) is 1.73. The van der Waals surface area contributed by atoms with Gasteiger partial charge < -0.3 is 15.0 Å². The van der Waals surface area contributed by atoms with Crippen LogP contribution in [0.4, 0.5) is 5.82 Å². The van der Waals surface area contributed by atoms with E-state index < -0.39 is 0 Å². The van der Waals surface area contributed by atoms with E-state index in [4.69, 9.17) is 4.74 Å². The second-order valence-corrected chi connectivity index (χ2v) is 5.69. The van der Waals surface area contributed by atoms with Crippen LogP contribution >= 0.6 is 0 Å². The molecule has 1 saturated heterocycles. The van der Waals surface area contributed by atoms with E-state index in [2.05, 4.69) is 20.2 Å². The van der Waals surface area contributed by atoms with Crippen molar-refractivity contribution in [3.05, 3.63) is 53.1 Å². The molecular formula is C17H22N4O2. The first kappa shape index (κ1) is 15.6. The lowest BCUT2D eigenvalue weighted by Crippen LogP contribution is -2.41. The van der Waals surface area contributed by atoms with Crippen LogP contribution in [0.1, 0.15) is 12.8 Å². The highest BCUT2D eigenvalue weighted by molar-refractivity contribution is 5.31. The van der Waals surface area contributed by atoms with Gasteiger partial charge in [-0.2, -0.15) is 0 Å². The first-order valence-corrected chi connectivity index (χ1v) is 8.02. The van der Waals surface area contributed by atoms with Crippen LogP contribution in [0.2, 0.25) is 0 Å². The summed E-state index contributed by atoms with van der Waals surface area (Å²) in [4.78, 5) is 20.7. The Morgan fingerprint density at radius 1 is 1.26 bits per heavy atom. The fourth-order valence-corrected chi connectivity index (χ4v) is 2.76. The van der Waals surface area contributed by atoms with Gasteiger partial charge in [0.25, 0.3) is 5.56 Å². The first-order chi connectivity index (χ1) is 11.3. The summed E-state index contributed by atoms with van der Waals surface area (Å²) in [7, 11) is 0. The lowest BCUT2D eigenvalue weighted by atomic mass is 10.1. The molecule has 2 heterocycles. The van der Waals surface area contributed by atoms with Crippen LogP contribution in [0.25, 0.3) is 0 Å². The normalized spacial score (nSPS) is 16.2. The molecule has 3 rings (SSSR count). The molecule has 1 aromatic carbocycles. The van der Waals surface area contributed by atoms with Crippen molar-refractivity contribution in [2.45, 2.75) is 18.9 Å². The van der Waals surface area contributed by atoms with Crippen molar-refractivity contribution in [3.63, 3.8) is 0 Å². The minimum Gasteiger partial charge on any atom is -0.492 e. The molecule has 0 bridgehead atoms. The highest BCUT2D eigenvalue weighted by atomic mass is 16.5. The smallest absolute Gasteiger partial charge is 0.290 e. The highest BCUT2D eigenvalue weighted by Crippen LogP contribution is 2.14. The number of para-hydroxylation sites is 1. The van der Waals surface area contributed by atoms with Crippen LogP contribution in [0.5, 0.6) is 5.75 Å². The van der Waals surface area contributed by atoms with Gasteiger partial charge in [0.2, 0.25) is 0 Å². The topological polar surface area (TPSA) is 70.2 Å². The Morgan fingerprint density at radius 3 is 2.78 bits per heavy atom. The van der Waals surface area contributed by atoms with Crippen LogP contribution in [0.15, 0.2) is 47.5 Å². The summed E-state index contributed by atoms with van der Waals surface area (Å²) in [5.41, 5.74) is -0.161.